The Hall–Kier alpha value is -0.670. The van der Waals surface area contributed by atoms with E-state index in [1.54, 1.807) is 24.3 Å². The van der Waals surface area contributed by atoms with Crippen LogP contribution in [0.2, 0.25) is 5.02 Å². The van der Waals surface area contributed by atoms with E-state index in [9.17, 15) is 9.90 Å². The number of hydrogen-bond donors (Lipinski definition) is 1. The molecule has 0 saturated heterocycles. The number of hydrogen-bond acceptors (Lipinski definition) is 2. The summed E-state index contributed by atoms with van der Waals surface area (Å²) in [6.07, 6.45) is 2.36. The summed E-state index contributed by atoms with van der Waals surface area (Å²) >= 11 is 7.12. The van der Waals surface area contributed by atoms with Crippen LogP contribution in [-0.4, -0.2) is 17.3 Å². The van der Waals surface area contributed by atoms with Gasteiger partial charge in [-0.1, -0.05) is 30.7 Å². The van der Waals surface area contributed by atoms with Crippen molar-refractivity contribution in [3.8, 4) is 0 Å². The second-order valence-corrected chi connectivity index (χ2v) is 4.74. The van der Waals surface area contributed by atoms with Gasteiger partial charge in [0.05, 0.1) is 0 Å². The lowest BCUT2D eigenvalue weighted by Gasteiger charge is -2.26. The van der Waals surface area contributed by atoms with Gasteiger partial charge in [-0.05, 0) is 30.4 Å². The average Bonchev–Trinajstić information content (AvgIpc) is 2.22. The zero-order valence-electron chi connectivity index (χ0n) is 8.66. The van der Waals surface area contributed by atoms with Crippen LogP contribution in [0, 0.1) is 0 Å². The van der Waals surface area contributed by atoms with Crippen LogP contribution in [0.1, 0.15) is 18.9 Å². The number of halogens is 1. The maximum Gasteiger partial charge on any atom is 0.324 e. The van der Waals surface area contributed by atoms with E-state index in [0.29, 0.717) is 11.4 Å². The van der Waals surface area contributed by atoms with Gasteiger partial charge < -0.3 is 5.11 Å². The number of thioether (sulfide) groups is 1. The fraction of sp³-hybridized carbons (Fsp3) is 0.364. The minimum Gasteiger partial charge on any atom is -0.480 e. The molecule has 15 heavy (non-hydrogen) atoms. The molecule has 1 rings (SSSR count). The summed E-state index contributed by atoms with van der Waals surface area (Å²) in [5.41, 5.74) is 0.786. The summed E-state index contributed by atoms with van der Waals surface area (Å²) in [7, 11) is 0. The molecule has 1 unspecified atom stereocenters. The van der Waals surface area contributed by atoms with E-state index in [2.05, 4.69) is 0 Å². The highest BCUT2D eigenvalue weighted by Gasteiger charge is 2.37. The van der Waals surface area contributed by atoms with Crippen molar-refractivity contribution in [2.45, 2.75) is 18.1 Å². The largest absolute Gasteiger partial charge is 0.480 e. The van der Waals surface area contributed by atoms with Crippen LogP contribution in [0.15, 0.2) is 24.3 Å². The Morgan fingerprint density at radius 3 is 2.33 bits per heavy atom. The zero-order chi connectivity index (χ0) is 11.5. The van der Waals surface area contributed by atoms with Gasteiger partial charge >= 0.3 is 5.97 Å². The van der Waals surface area contributed by atoms with Crippen LogP contribution < -0.4 is 0 Å². The van der Waals surface area contributed by atoms with Crippen LogP contribution >= 0.6 is 23.4 Å². The lowest BCUT2D eigenvalue weighted by molar-refractivity contribution is -0.140. The van der Waals surface area contributed by atoms with Crippen LogP contribution in [0.3, 0.4) is 0 Å². The maximum absolute atomic E-state index is 11.3. The van der Waals surface area contributed by atoms with E-state index in [0.717, 1.165) is 5.56 Å². The van der Waals surface area contributed by atoms with E-state index in [1.807, 2.05) is 13.2 Å². The molecule has 0 spiro atoms. The molecule has 0 amide bonds. The van der Waals surface area contributed by atoms with Crippen molar-refractivity contribution in [1.82, 2.24) is 0 Å². The maximum atomic E-state index is 11.3. The Morgan fingerprint density at radius 1 is 1.47 bits per heavy atom. The van der Waals surface area contributed by atoms with Gasteiger partial charge in [0.25, 0.3) is 0 Å². The fourth-order valence-electron chi connectivity index (χ4n) is 1.55. The number of carboxylic acids is 1. The van der Waals surface area contributed by atoms with Crippen molar-refractivity contribution in [3.05, 3.63) is 34.9 Å². The molecule has 0 aliphatic rings. The Labute approximate surface area is 98.6 Å². The van der Waals surface area contributed by atoms with E-state index in [-0.39, 0.29) is 0 Å². The first-order valence-corrected chi connectivity index (χ1v) is 6.21. The van der Waals surface area contributed by atoms with Gasteiger partial charge in [0.2, 0.25) is 0 Å². The molecule has 4 heteroatoms. The van der Waals surface area contributed by atoms with Gasteiger partial charge in [-0.3, -0.25) is 4.79 Å². The molecule has 0 fully saturated rings. The molecule has 0 heterocycles. The van der Waals surface area contributed by atoms with Gasteiger partial charge in [0.15, 0.2) is 0 Å². The van der Waals surface area contributed by atoms with Gasteiger partial charge in [-0.15, -0.1) is 11.8 Å². The van der Waals surface area contributed by atoms with E-state index >= 15 is 0 Å². The molecule has 1 N–H and O–H groups in total. The molecule has 1 atom stereocenters. The second kappa shape index (κ2) is 4.90. The first kappa shape index (κ1) is 12.4. The molecule has 2 nitrogen and oxygen atoms in total. The number of rotatable bonds is 4. The summed E-state index contributed by atoms with van der Waals surface area (Å²) < 4.78 is -0.857. The van der Waals surface area contributed by atoms with E-state index in [1.165, 1.54) is 11.8 Å². The van der Waals surface area contributed by atoms with Crippen molar-refractivity contribution in [3.63, 3.8) is 0 Å². The van der Waals surface area contributed by atoms with Crippen LogP contribution in [0.25, 0.3) is 0 Å². The monoisotopic (exact) mass is 244 g/mol. The number of carbonyl (C=O) groups is 1. The van der Waals surface area contributed by atoms with Crippen molar-refractivity contribution < 1.29 is 9.90 Å². The number of aliphatic carboxylic acids is 1. The standard InChI is InChI=1S/C11H13ClO2S/c1-3-11(15-2,10(13)14)8-4-6-9(12)7-5-8/h4-7H,3H2,1-2H3,(H,13,14). The minimum absolute atomic E-state index is 0.547. The third-order valence-electron chi connectivity index (χ3n) is 2.50. The highest BCUT2D eigenvalue weighted by Crippen LogP contribution is 2.38. The second-order valence-electron chi connectivity index (χ2n) is 3.20. The molecule has 0 bridgehead atoms. The first-order chi connectivity index (χ1) is 7.06. The number of carboxylic acid groups (broad SMARTS) is 1. The quantitative estimate of drug-likeness (QED) is 0.882. The van der Waals surface area contributed by atoms with Crippen LogP contribution in [0.5, 0.6) is 0 Å². The van der Waals surface area contributed by atoms with Crippen LogP contribution in [0.4, 0.5) is 0 Å². The molecule has 0 aromatic heterocycles. The van der Waals surface area contributed by atoms with Gasteiger partial charge in [0, 0.05) is 5.02 Å². The van der Waals surface area contributed by atoms with Crippen LogP contribution in [-0.2, 0) is 9.54 Å². The lowest BCUT2D eigenvalue weighted by Crippen LogP contribution is -2.31. The summed E-state index contributed by atoms with van der Waals surface area (Å²) in [4.78, 5) is 11.3. The molecule has 0 aliphatic carbocycles. The zero-order valence-corrected chi connectivity index (χ0v) is 10.2. The SMILES string of the molecule is CCC(SC)(C(=O)O)c1ccc(Cl)cc1. The summed E-state index contributed by atoms with van der Waals surface area (Å²) in [5, 5.41) is 9.91. The smallest absolute Gasteiger partial charge is 0.324 e. The molecule has 0 radical (unpaired) electrons. The molecule has 1 aromatic rings. The summed E-state index contributed by atoms with van der Waals surface area (Å²) in [6, 6.07) is 6.99. The third kappa shape index (κ3) is 2.29. The highest BCUT2D eigenvalue weighted by atomic mass is 35.5. The number of benzene rings is 1. The van der Waals surface area contributed by atoms with Gasteiger partial charge in [0.1, 0.15) is 4.75 Å². The topological polar surface area (TPSA) is 37.3 Å². The third-order valence-corrected chi connectivity index (χ3v) is 4.15. The Morgan fingerprint density at radius 2 is 2.00 bits per heavy atom. The summed E-state index contributed by atoms with van der Waals surface area (Å²) in [5.74, 6) is -0.806. The average molecular weight is 245 g/mol. The molecule has 1 aromatic carbocycles. The minimum atomic E-state index is -0.857. The molecule has 82 valence electrons. The lowest BCUT2D eigenvalue weighted by atomic mass is 9.95. The normalized spacial score (nSPS) is 14.6. The van der Waals surface area contributed by atoms with Crippen molar-refractivity contribution in [2.24, 2.45) is 0 Å². The van der Waals surface area contributed by atoms with Gasteiger partial charge in [-0.25, -0.2) is 0 Å². The predicted molar refractivity (Wildman–Crippen MR) is 64.6 cm³/mol. The first-order valence-electron chi connectivity index (χ1n) is 4.61. The Bertz CT molecular complexity index is 344. The fourth-order valence-corrected chi connectivity index (χ4v) is 2.51. The van der Waals surface area contributed by atoms with E-state index < -0.39 is 10.7 Å². The molecule has 0 saturated carbocycles. The van der Waals surface area contributed by atoms with E-state index in [4.69, 9.17) is 11.6 Å². The molecular weight excluding hydrogens is 232 g/mol. The van der Waals surface area contributed by atoms with Crippen molar-refractivity contribution in [2.75, 3.05) is 6.26 Å². The van der Waals surface area contributed by atoms with Crippen molar-refractivity contribution in [1.29, 1.82) is 0 Å². The summed E-state index contributed by atoms with van der Waals surface area (Å²) in [6.45, 7) is 1.87. The van der Waals surface area contributed by atoms with Crippen molar-refractivity contribution >= 4 is 29.3 Å². The molecular formula is C11H13ClO2S. The van der Waals surface area contributed by atoms with Gasteiger partial charge in [-0.2, -0.15) is 0 Å². The highest BCUT2D eigenvalue weighted by molar-refractivity contribution is 8.00. The molecule has 0 aliphatic heterocycles. The Balaban J connectivity index is 3.20. The Kier molecular flexibility index (Phi) is 4.05. The predicted octanol–water partition coefficient (Wildman–Crippen LogP) is 3.39.